The van der Waals surface area contributed by atoms with E-state index in [1.807, 2.05) is 30.3 Å². The number of nitrogens with one attached hydrogen (secondary N) is 1. The van der Waals surface area contributed by atoms with Crippen LogP contribution in [0.15, 0.2) is 35.1 Å². The fraction of sp³-hybridized carbons (Fsp3) is 0.476. The van der Waals surface area contributed by atoms with Gasteiger partial charge >= 0.3 is 0 Å². The Balaban J connectivity index is 1.90. The molecule has 0 saturated heterocycles. The van der Waals surface area contributed by atoms with Crippen molar-refractivity contribution in [2.24, 2.45) is 13.0 Å². The van der Waals surface area contributed by atoms with Crippen LogP contribution >= 0.6 is 0 Å². The monoisotopic (exact) mass is 369 g/mol. The fourth-order valence-corrected chi connectivity index (χ4v) is 3.59. The zero-order chi connectivity index (χ0) is 19.2. The van der Waals surface area contributed by atoms with Crippen molar-refractivity contribution in [3.8, 4) is 5.75 Å². The minimum atomic E-state index is -0.402. The molecule has 0 atom stereocenters. The largest absolute Gasteiger partial charge is 0.481 e. The van der Waals surface area contributed by atoms with Gasteiger partial charge in [0.25, 0.3) is 11.5 Å². The van der Waals surface area contributed by atoms with Gasteiger partial charge in [-0.15, -0.1) is 0 Å². The zero-order valence-electron chi connectivity index (χ0n) is 16.0. The first-order valence-electron chi connectivity index (χ1n) is 9.59. The van der Waals surface area contributed by atoms with Crippen molar-refractivity contribution in [1.29, 1.82) is 0 Å². The molecule has 1 saturated carbocycles. The van der Waals surface area contributed by atoms with Crippen LogP contribution in [0.5, 0.6) is 5.75 Å². The van der Waals surface area contributed by atoms with Gasteiger partial charge in [0, 0.05) is 20.5 Å². The standard InChI is InChI=1S/C21H27N3O3/c1-22-20(25)18-19(27-14-16-11-7-4-8-12-16)21(26)24(2)17(23-18)13-15-9-5-3-6-10-15/h4,7-8,11-12,15H,3,5-6,9-10,13-14H2,1-2H3,(H,22,25). The van der Waals surface area contributed by atoms with Crippen molar-refractivity contribution in [2.75, 3.05) is 7.05 Å². The maximum atomic E-state index is 12.9. The Morgan fingerprint density at radius 3 is 2.59 bits per heavy atom. The van der Waals surface area contributed by atoms with E-state index >= 15 is 0 Å². The van der Waals surface area contributed by atoms with Gasteiger partial charge in [0.2, 0.25) is 5.75 Å². The van der Waals surface area contributed by atoms with Crippen LogP contribution in [0.2, 0.25) is 0 Å². The maximum Gasteiger partial charge on any atom is 0.296 e. The van der Waals surface area contributed by atoms with E-state index < -0.39 is 5.91 Å². The molecule has 144 valence electrons. The Bertz CT molecular complexity index is 840. The summed E-state index contributed by atoms with van der Waals surface area (Å²) in [4.78, 5) is 29.8. The molecule has 6 nitrogen and oxygen atoms in total. The van der Waals surface area contributed by atoms with Crippen LogP contribution in [-0.2, 0) is 20.1 Å². The number of amides is 1. The number of benzene rings is 1. The highest BCUT2D eigenvalue weighted by Gasteiger charge is 2.23. The molecule has 0 unspecified atom stereocenters. The average Bonchev–Trinajstić information content (AvgIpc) is 2.71. The fourth-order valence-electron chi connectivity index (χ4n) is 3.59. The summed E-state index contributed by atoms with van der Waals surface area (Å²) in [5, 5.41) is 2.57. The lowest BCUT2D eigenvalue weighted by Crippen LogP contribution is -2.31. The van der Waals surface area contributed by atoms with Crippen molar-refractivity contribution >= 4 is 5.91 Å². The molecule has 0 radical (unpaired) electrons. The quantitative estimate of drug-likeness (QED) is 0.850. The number of carbonyl (C=O) groups excluding carboxylic acids is 1. The van der Waals surface area contributed by atoms with Gasteiger partial charge in [0.15, 0.2) is 5.69 Å². The third-order valence-electron chi connectivity index (χ3n) is 5.21. The molecular formula is C21H27N3O3. The molecule has 3 rings (SSSR count). The molecule has 2 aromatic rings. The van der Waals surface area contributed by atoms with Crippen LogP contribution in [0.4, 0.5) is 0 Å². The van der Waals surface area contributed by atoms with Gasteiger partial charge in [-0.05, 0) is 11.5 Å². The molecule has 27 heavy (non-hydrogen) atoms. The lowest BCUT2D eigenvalue weighted by atomic mass is 9.87. The van der Waals surface area contributed by atoms with E-state index in [-0.39, 0.29) is 23.6 Å². The molecule has 0 aliphatic heterocycles. The number of rotatable bonds is 6. The molecule has 1 fully saturated rings. The smallest absolute Gasteiger partial charge is 0.296 e. The number of aromatic nitrogens is 2. The summed E-state index contributed by atoms with van der Waals surface area (Å²) in [6.07, 6.45) is 6.74. The van der Waals surface area contributed by atoms with Gasteiger partial charge < -0.3 is 10.1 Å². The molecule has 1 aliphatic rings. The number of carbonyl (C=O) groups is 1. The molecular weight excluding hydrogens is 342 g/mol. The Morgan fingerprint density at radius 2 is 1.93 bits per heavy atom. The van der Waals surface area contributed by atoms with Crippen molar-refractivity contribution < 1.29 is 9.53 Å². The van der Waals surface area contributed by atoms with Crippen LogP contribution in [0.3, 0.4) is 0 Å². The summed E-state index contributed by atoms with van der Waals surface area (Å²) in [7, 11) is 3.24. The minimum absolute atomic E-state index is 0.00750. The van der Waals surface area contributed by atoms with E-state index in [4.69, 9.17) is 4.74 Å². The molecule has 1 aliphatic carbocycles. The molecule has 6 heteroatoms. The molecule has 1 heterocycles. The van der Waals surface area contributed by atoms with Crippen molar-refractivity contribution in [3.63, 3.8) is 0 Å². The first-order chi connectivity index (χ1) is 13.1. The summed E-state index contributed by atoms with van der Waals surface area (Å²) < 4.78 is 7.28. The van der Waals surface area contributed by atoms with E-state index in [2.05, 4.69) is 10.3 Å². The van der Waals surface area contributed by atoms with Crippen LogP contribution in [0, 0.1) is 5.92 Å². The summed E-state index contributed by atoms with van der Waals surface area (Å²) in [6, 6.07) is 9.55. The Kier molecular flexibility index (Phi) is 6.27. The topological polar surface area (TPSA) is 73.2 Å². The summed E-state index contributed by atoms with van der Waals surface area (Å²) in [6.45, 7) is 0.212. The van der Waals surface area contributed by atoms with Gasteiger partial charge in [-0.2, -0.15) is 0 Å². The first-order valence-corrected chi connectivity index (χ1v) is 9.59. The summed E-state index contributed by atoms with van der Waals surface area (Å²) >= 11 is 0. The highest BCUT2D eigenvalue weighted by Crippen LogP contribution is 2.26. The van der Waals surface area contributed by atoms with Crippen LogP contribution in [0.1, 0.15) is 54.0 Å². The summed E-state index contributed by atoms with van der Waals surface area (Å²) in [5.41, 5.74) is 0.682. The lowest BCUT2D eigenvalue weighted by Gasteiger charge is -2.22. The lowest BCUT2D eigenvalue weighted by molar-refractivity contribution is 0.0951. The number of hydrogen-bond acceptors (Lipinski definition) is 4. The second-order valence-corrected chi connectivity index (χ2v) is 7.13. The number of hydrogen-bond donors (Lipinski definition) is 1. The zero-order valence-corrected chi connectivity index (χ0v) is 16.0. The third kappa shape index (κ3) is 4.56. The SMILES string of the molecule is CNC(=O)c1nc(CC2CCCCC2)n(C)c(=O)c1OCc1ccccc1. The van der Waals surface area contributed by atoms with Crippen molar-refractivity contribution in [3.05, 3.63) is 57.8 Å². The van der Waals surface area contributed by atoms with E-state index in [1.54, 1.807) is 7.05 Å². The van der Waals surface area contributed by atoms with Gasteiger partial charge in [-0.1, -0.05) is 62.4 Å². The first kappa shape index (κ1) is 19.1. The Labute approximate surface area is 159 Å². The van der Waals surface area contributed by atoms with Crippen LogP contribution < -0.4 is 15.6 Å². The van der Waals surface area contributed by atoms with Gasteiger partial charge in [-0.25, -0.2) is 4.98 Å². The normalized spacial score (nSPS) is 14.7. The highest BCUT2D eigenvalue weighted by atomic mass is 16.5. The molecule has 1 N–H and O–H groups in total. The average molecular weight is 369 g/mol. The van der Waals surface area contributed by atoms with Crippen molar-refractivity contribution in [2.45, 2.75) is 45.1 Å². The molecule has 0 bridgehead atoms. The van der Waals surface area contributed by atoms with Crippen LogP contribution in [0.25, 0.3) is 0 Å². The minimum Gasteiger partial charge on any atom is -0.481 e. The maximum absolute atomic E-state index is 12.9. The number of ether oxygens (including phenoxy) is 1. The Hall–Kier alpha value is -2.63. The Morgan fingerprint density at radius 1 is 1.22 bits per heavy atom. The van der Waals surface area contributed by atoms with Crippen molar-refractivity contribution in [1.82, 2.24) is 14.9 Å². The predicted octanol–water partition coefficient (Wildman–Crippen LogP) is 2.84. The third-order valence-corrected chi connectivity index (χ3v) is 5.21. The molecule has 1 aromatic heterocycles. The van der Waals surface area contributed by atoms with E-state index in [9.17, 15) is 9.59 Å². The molecule has 0 spiro atoms. The molecule has 1 amide bonds. The van der Waals surface area contributed by atoms with Gasteiger partial charge in [0.05, 0.1) is 0 Å². The van der Waals surface area contributed by atoms with Gasteiger partial charge in [-0.3, -0.25) is 14.2 Å². The second-order valence-electron chi connectivity index (χ2n) is 7.13. The van der Waals surface area contributed by atoms with Gasteiger partial charge in [0.1, 0.15) is 12.4 Å². The van der Waals surface area contributed by atoms with Crippen LogP contribution in [-0.4, -0.2) is 22.5 Å². The highest BCUT2D eigenvalue weighted by molar-refractivity contribution is 5.94. The van der Waals surface area contributed by atoms with E-state index in [0.717, 1.165) is 18.4 Å². The molecule has 1 aromatic carbocycles. The van der Waals surface area contributed by atoms with E-state index in [1.165, 1.54) is 30.9 Å². The van der Waals surface area contributed by atoms with E-state index in [0.29, 0.717) is 18.2 Å². The summed E-state index contributed by atoms with van der Waals surface area (Å²) in [5.74, 6) is 0.775. The number of nitrogens with zero attached hydrogens (tertiary/aromatic N) is 2. The second kappa shape index (κ2) is 8.84. The predicted molar refractivity (Wildman–Crippen MR) is 104 cm³/mol.